The number of nitrogens with zero attached hydrogens (tertiary/aromatic N) is 2. The standard InChI is InChI=1S/C25H22N2O5S/c1-4-31-24(30)21-15(2)26-25-27(22(21)17-10-6-5-7-11-17)23(29)20(33-25)14-18-12-8-9-13-19(18)32-16(3)28/h5-14,22H,4H2,1-3H3/b20-14+. The van der Waals surface area contributed by atoms with E-state index in [1.165, 1.54) is 22.8 Å². The van der Waals surface area contributed by atoms with Crippen molar-refractivity contribution in [2.24, 2.45) is 4.99 Å². The highest BCUT2D eigenvalue weighted by atomic mass is 32.1. The van der Waals surface area contributed by atoms with Crippen molar-refractivity contribution in [1.82, 2.24) is 4.57 Å². The van der Waals surface area contributed by atoms with Crippen molar-refractivity contribution in [3.8, 4) is 5.75 Å². The van der Waals surface area contributed by atoms with Crippen molar-refractivity contribution in [2.75, 3.05) is 6.61 Å². The molecule has 2 heterocycles. The molecule has 1 aromatic heterocycles. The summed E-state index contributed by atoms with van der Waals surface area (Å²) in [7, 11) is 0. The van der Waals surface area contributed by atoms with E-state index in [2.05, 4.69) is 4.99 Å². The Morgan fingerprint density at radius 1 is 1.12 bits per heavy atom. The SMILES string of the molecule is CCOC(=O)C1=C(C)N=c2s/c(=C/c3ccccc3OC(C)=O)c(=O)n2C1c1ccccc1. The highest BCUT2D eigenvalue weighted by Crippen LogP contribution is 2.30. The number of fused-ring (bicyclic) bond motifs is 1. The van der Waals surface area contributed by atoms with Gasteiger partial charge in [0.2, 0.25) is 0 Å². The van der Waals surface area contributed by atoms with Gasteiger partial charge in [-0.25, -0.2) is 9.79 Å². The molecule has 0 amide bonds. The predicted molar refractivity (Wildman–Crippen MR) is 125 cm³/mol. The monoisotopic (exact) mass is 462 g/mol. The molecule has 0 fully saturated rings. The number of para-hydroxylation sites is 1. The summed E-state index contributed by atoms with van der Waals surface area (Å²) in [5, 5.41) is 0. The molecule has 0 N–H and O–H groups in total. The number of hydrogen-bond donors (Lipinski definition) is 0. The lowest BCUT2D eigenvalue weighted by atomic mass is 9.96. The van der Waals surface area contributed by atoms with Gasteiger partial charge in [-0.1, -0.05) is 59.9 Å². The third-order valence-electron chi connectivity index (χ3n) is 5.09. The number of rotatable bonds is 5. The summed E-state index contributed by atoms with van der Waals surface area (Å²) in [6, 6.07) is 15.7. The Hall–Kier alpha value is -3.78. The Bertz CT molecular complexity index is 1430. The number of benzene rings is 2. The Morgan fingerprint density at radius 2 is 1.82 bits per heavy atom. The molecule has 1 unspecified atom stereocenters. The van der Waals surface area contributed by atoms with Gasteiger partial charge in [0.1, 0.15) is 5.75 Å². The Labute approximate surface area is 193 Å². The van der Waals surface area contributed by atoms with Crippen LogP contribution in [0.5, 0.6) is 5.75 Å². The average Bonchev–Trinajstić information content (AvgIpc) is 3.09. The molecule has 4 rings (SSSR count). The summed E-state index contributed by atoms with van der Waals surface area (Å²) < 4.78 is 12.5. The number of hydrogen-bond acceptors (Lipinski definition) is 7. The van der Waals surface area contributed by atoms with E-state index in [0.29, 0.717) is 31.9 Å². The smallest absolute Gasteiger partial charge is 0.338 e. The topological polar surface area (TPSA) is 87.0 Å². The normalized spacial score (nSPS) is 15.6. The first-order valence-corrected chi connectivity index (χ1v) is 11.2. The molecule has 0 radical (unpaired) electrons. The molecular formula is C25H22N2O5S. The summed E-state index contributed by atoms with van der Waals surface area (Å²) in [6.45, 7) is 5.02. The number of aromatic nitrogens is 1. The maximum absolute atomic E-state index is 13.6. The lowest BCUT2D eigenvalue weighted by molar-refractivity contribution is -0.139. The lowest BCUT2D eigenvalue weighted by Crippen LogP contribution is -2.39. The van der Waals surface area contributed by atoms with Crippen molar-refractivity contribution in [1.29, 1.82) is 0 Å². The summed E-state index contributed by atoms with van der Waals surface area (Å²) in [6.07, 6.45) is 1.67. The van der Waals surface area contributed by atoms with E-state index >= 15 is 0 Å². The van der Waals surface area contributed by atoms with E-state index < -0.39 is 18.0 Å². The summed E-state index contributed by atoms with van der Waals surface area (Å²) >= 11 is 1.22. The third kappa shape index (κ3) is 4.42. The molecular weight excluding hydrogens is 440 g/mol. The van der Waals surface area contributed by atoms with Crippen molar-refractivity contribution in [3.05, 3.63) is 96.7 Å². The van der Waals surface area contributed by atoms with Crippen LogP contribution in [0.1, 0.15) is 37.9 Å². The maximum atomic E-state index is 13.6. The van der Waals surface area contributed by atoms with Crippen LogP contribution in [0.15, 0.2) is 75.7 Å². The first-order chi connectivity index (χ1) is 15.9. The zero-order valence-electron chi connectivity index (χ0n) is 18.4. The van der Waals surface area contributed by atoms with Gasteiger partial charge in [-0.2, -0.15) is 0 Å². The van der Waals surface area contributed by atoms with Crippen LogP contribution in [0.25, 0.3) is 6.08 Å². The molecule has 7 nitrogen and oxygen atoms in total. The predicted octanol–water partition coefficient (Wildman–Crippen LogP) is 2.72. The fraction of sp³-hybridized carbons (Fsp3) is 0.200. The molecule has 1 atom stereocenters. The fourth-order valence-electron chi connectivity index (χ4n) is 3.73. The summed E-state index contributed by atoms with van der Waals surface area (Å²) in [5.74, 6) is -0.586. The molecule has 0 spiro atoms. The fourth-order valence-corrected chi connectivity index (χ4v) is 4.77. The number of allylic oxidation sites excluding steroid dienone is 1. The van der Waals surface area contributed by atoms with Crippen molar-refractivity contribution < 1.29 is 19.1 Å². The van der Waals surface area contributed by atoms with Crippen LogP contribution >= 0.6 is 11.3 Å². The first kappa shape index (κ1) is 22.4. The van der Waals surface area contributed by atoms with E-state index in [4.69, 9.17) is 9.47 Å². The van der Waals surface area contributed by atoms with E-state index in [-0.39, 0.29) is 12.2 Å². The number of carbonyl (C=O) groups excluding carboxylic acids is 2. The number of ether oxygens (including phenoxy) is 2. The zero-order chi connectivity index (χ0) is 23.5. The van der Waals surface area contributed by atoms with E-state index in [0.717, 1.165) is 5.56 Å². The molecule has 2 aromatic carbocycles. The van der Waals surface area contributed by atoms with E-state index in [1.54, 1.807) is 44.2 Å². The zero-order valence-corrected chi connectivity index (χ0v) is 19.2. The van der Waals surface area contributed by atoms with E-state index in [9.17, 15) is 14.4 Å². The van der Waals surface area contributed by atoms with Crippen molar-refractivity contribution >= 4 is 29.4 Å². The lowest BCUT2D eigenvalue weighted by Gasteiger charge is -2.24. The molecule has 0 bridgehead atoms. The number of esters is 2. The van der Waals surface area contributed by atoms with Gasteiger partial charge >= 0.3 is 11.9 Å². The third-order valence-corrected chi connectivity index (χ3v) is 6.07. The van der Waals surface area contributed by atoms with Crippen LogP contribution in [0.2, 0.25) is 0 Å². The van der Waals surface area contributed by atoms with Gasteiger partial charge < -0.3 is 9.47 Å². The van der Waals surface area contributed by atoms with Gasteiger partial charge in [0.15, 0.2) is 4.80 Å². The minimum absolute atomic E-state index is 0.217. The Balaban J connectivity index is 1.94. The molecule has 168 valence electrons. The largest absolute Gasteiger partial charge is 0.463 e. The quantitative estimate of drug-likeness (QED) is 0.430. The van der Waals surface area contributed by atoms with Gasteiger partial charge in [-0.3, -0.25) is 14.2 Å². The molecule has 1 aliphatic heterocycles. The summed E-state index contributed by atoms with van der Waals surface area (Å²) in [5.41, 5.74) is 1.93. The number of carbonyl (C=O) groups is 2. The van der Waals surface area contributed by atoms with Gasteiger partial charge in [0.25, 0.3) is 5.56 Å². The number of thiazole rings is 1. The van der Waals surface area contributed by atoms with Gasteiger partial charge in [-0.15, -0.1) is 0 Å². The van der Waals surface area contributed by atoms with Crippen molar-refractivity contribution in [2.45, 2.75) is 26.8 Å². The molecule has 3 aromatic rings. The molecule has 0 aliphatic carbocycles. The Kier molecular flexibility index (Phi) is 6.37. The average molecular weight is 463 g/mol. The molecule has 8 heteroatoms. The second kappa shape index (κ2) is 9.38. The highest BCUT2D eigenvalue weighted by molar-refractivity contribution is 7.07. The molecule has 0 saturated heterocycles. The van der Waals surface area contributed by atoms with Crippen LogP contribution in [0.4, 0.5) is 0 Å². The maximum Gasteiger partial charge on any atom is 0.338 e. The molecule has 1 aliphatic rings. The minimum Gasteiger partial charge on any atom is -0.463 e. The van der Waals surface area contributed by atoms with Gasteiger partial charge in [0, 0.05) is 12.5 Å². The molecule has 33 heavy (non-hydrogen) atoms. The van der Waals surface area contributed by atoms with Crippen LogP contribution in [0, 0.1) is 0 Å². The van der Waals surface area contributed by atoms with Crippen LogP contribution in [-0.2, 0) is 14.3 Å². The minimum atomic E-state index is -0.660. The second-order valence-electron chi connectivity index (χ2n) is 7.34. The van der Waals surface area contributed by atoms with Gasteiger partial charge in [-0.05, 0) is 31.6 Å². The Morgan fingerprint density at radius 3 is 2.52 bits per heavy atom. The molecule has 0 saturated carbocycles. The first-order valence-electron chi connectivity index (χ1n) is 10.4. The summed E-state index contributed by atoms with van der Waals surface area (Å²) in [4.78, 5) is 42.9. The highest BCUT2D eigenvalue weighted by Gasteiger charge is 2.33. The van der Waals surface area contributed by atoms with Gasteiger partial charge in [0.05, 0.1) is 28.5 Å². The van der Waals surface area contributed by atoms with Crippen molar-refractivity contribution in [3.63, 3.8) is 0 Å². The van der Waals surface area contributed by atoms with Crippen LogP contribution in [0.3, 0.4) is 0 Å². The van der Waals surface area contributed by atoms with Crippen LogP contribution in [-0.4, -0.2) is 23.1 Å². The van der Waals surface area contributed by atoms with E-state index in [1.807, 2.05) is 30.3 Å². The second-order valence-corrected chi connectivity index (χ2v) is 8.35. The van der Waals surface area contributed by atoms with Crippen LogP contribution < -0.4 is 19.6 Å².